The Labute approximate surface area is 136 Å². The Bertz CT molecular complexity index is 856. The fourth-order valence-corrected chi connectivity index (χ4v) is 3.79. The van der Waals surface area contributed by atoms with Gasteiger partial charge in [0.2, 0.25) is 15.3 Å². The number of halogens is 1. The lowest BCUT2D eigenvalue weighted by Gasteiger charge is -2.18. The number of nitrogens with zero attached hydrogens (tertiary/aromatic N) is 4. The second-order valence-electron chi connectivity index (χ2n) is 5.48. The third-order valence-corrected chi connectivity index (χ3v) is 4.70. The van der Waals surface area contributed by atoms with E-state index in [1.54, 1.807) is 0 Å². The topological polar surface area (TPSA) is 156 Å². The van der Waals surface area contributed by atoms with Gasteiger partial charge in [-0.3, -0.25) is 0 Å². The molecule has 23 heavy (non-hydrogen) atoms. The van der Waals surface area contributed by atoms with Crippen LogP contribution in [0.2, 0.25) is 5.28 Å². The minimum absolute atomic E-state index is 0.0735. The molecule has 3 rings (SSSR count). The Morgan fingerprint density at radius 2 is 2.09 bits per heavy atom. The molecule has 2 aromatic rings. The molecule has 126 valence electrons. The monoisotopic (exact) mass is 362 g/mol. The van der Waals surface area contributed by atoms with E-state index in [1.165, 1.54) is 10.9 Å². The third kappa shape index (κ3) is 2.97. The van der Waals surface area contributed by atoms with Crippen LogP contribution in [-0.2, 0) is 10.0 Å². The Kier molecular flexibility index (Phi) is 3.92. The normalized spacial score (nSPS) is 28.5. The van der Waals surface area contributed by atoms with Gasteiger partial charge >= 0.3 is 0 Å². The first kappa shape index (κ1) is 16.3. The van der Waals surface area contributed by atoms with Crippen LogP contribution >= 0.6 is 11.6 Å². The average molecular weight is 363 g/mol. The smallest absolute Gasteiger partial charge is 0.226 e. The number of fused-ring (bicyclic) bond motifs is 1. The number of nitrogens with two attached hydrogens (primary N) is 1. The molecule has 0 saturated heterocycles. The first-order valence-electron chi connectivity index (χ1n) is 6.66. The SMILES string of the molecule is CS(=O)(=O)N[C@H]1C[C@@H](n2cnc3c(N)nc(Cl)nc32)[C@H](O)[C@@H]1O. The lowest BCUT2D eigenvalue weighted by Crippen LogP contribution is -2.42. The number of nitrogen functional groups attached to an aromatic ring is 1. The molecular formula is C11H15ClN6O4S. The predicted molar refractivity (Wildman–Crippen MR) is 82.2 cm³/mol. The van der Waals surface area contributed by atoms with Crippen molar-refractivity contribution in [1.82, 2.24) is 24.2 Å². The van der Waals surface area contributed by atoms with Crippen molar-refractivity contribution < 1.29 is 18.6 Å². The second-order valence-corrected chi connectivity index (χ2v) is 7.60. The summed E-state index contributed by atoms with van der Waals surface area (Å²) in [4.78, 5) is 11.9. The van der Waals surface area contributed by atoms with Crippen LogP contribution in [-0.4, -0.2) is 62.7 Å². The van der Waals surface area contributed by atoms with Gasteiger partial charge in [-0.05, 0) is 18.0 Å². The molecule has 2 aromatic heterocycles. The Balaban J connectivity index is 1.99. The van der Waals surface area contributed by atoms with Crippen molar-refractivity contribution in [2.24, 2.45) is 0 Å². The molecule has 0 amide bonds. The zero-order valence-corrected chi connectivity index (χ0v) is 13.5. The fourth-order valence-electron chi connectivity index (χ4n) is 2.83. The largest absolute Gasteiger partial charge is 0.389 e. The molecule has 0 aliphatic heterocycles. The highest BCUT2D eigenvalue weighted by molar-refractivity contribution is 7.88. The Morgan fingerprint density at radius 3 is 2.74 bits per heavy atom. The summed E-state index contributed by atoms with van der Waals surface area (Å²) >= 11 is 5.79. The van der Waals surface area contributed by atoms with Crippen LogP contribution < -0.4 is 10.5 Å². The van der Waals surface area contributed by atoms with Gasteiger partial charge in [-0.15, -0.1) is 0 Å². The molecule has 0 spiro atoms. The zero-order chi connectivity index (χ0) is 16.9. The summed E-state index contributed by atoms with van der Waals surface area (Å²) in [5, 5.41) is 20.3. The maximum atomic E-state index is 11.4. The number of hydrogen-bond donors (Lipinski definition) is 4. The van der Waals surface area contributed by atoms with Gasteiger partial charge in [0, 0.05) is 0 Å². The van der Waals surface area contributed by atoms with Crippen molar-refractivity contribution in [1.29, 1.82) is 0 Å². The fraction of sp³-hybridized carbons (Fsp3) is 0.545. The van der Waals surface area contributed by atoms with Gasteiger partial charge < -0.3 is 20.5 Å². The van der Waals surface area contributed by atoms with Gasteiger partial charge in [0.15, 0.2) is 11.5 Å². The van der Waals surface area contributed by atoms with Crippen LogP contribution in [0.5, 0.6) is 0 Å². The molecule has 10 nitrogen and oxygen atoms in total. The minimum Gasteiger partial charge on any atom is -0.389 e. The summed E-state index contributed by atoms with van der Waals surface area (Å²) in [6.45, 7) is 0. The highest BCUT2D eigenvalue weighted by atomic mass is 35.5. The van der Waals surface area contributed by atoms with Crippen LogP contribution in [0.4, 0.5) is 5.82 Å². The minimum atomic E-state index is -3.52. The van der Waals surface area contributed by atoms with Crippen molar-refractivity contribution >= 4 is 38.6 Å². The Hall–Kier alpha value is -1.53. The standard InChI is InChI=1S/C11H15ClN6O4S/c1-23(21,22)17-4-2-5(8(20)7(4)19)18-3-14-6-9(13)15-11(12)16-10(6)18/h3-5,7-8,17,19-20H,2H2,1H3,(H2,13,15,16)/t4-,5+,7+,8-/m0/s1. The number of nitrogens with one attached hydrogen (secondary N) is 1. The zero-order valence-electron chi connectivity index (χ0n) is 12.0. The van der Waals surface area contributed by atoms with E-state index in [2.05, 4.69) is 19.7 Å². The van der Waals surface area contributed by atoms with E-state index in [4.69, 9.17) is 17.3 Å². The molecule has 12 heteroatoms. The number of imidazole rings is 1. The molecule has 0 aromatic carbocycles. The number of aromatic nitrogens is 4. The van der Waals surface area contributed by atoms with Crippen molar-refractivity contribution in [3.63, 3.8) is 0 Å². The van der Waals surface area contributed by atoms with E-state index in [9.17, 15) is 18.6 Å². The molecule has 0 bridgehead atoms. The predicted octanol–water partition coefficient (Wildman–Crippen LogP) is -1.35. The van der Waals surface area contributed by atoms with E-state index in [1.807, 2.05) is 0 Å². The lowest BCUT2D eigenvalue weighted by atomic mass is 10.2. The average Bonchev–Trinajstić information content (AvgIpc) is 2.94. The van der Waals surface area contributed by atoms with Gasteiger partial charge in [0.05, 0.1) is 30.8 Å². The van der Waals surface area contributed by atoms with Gasteiger partial charge in [0.1, 0.15) is 11.6 Å². The summed E-state index contributed by atoms with van der Waals surface area (Å²) in [5.74, 6) is 0.0950. The van der Waals surface area contributed by atoms with E-state index >= 15 is 0 Å². The number of hydrogen-bond acceptors (Lipinski definition) is 8. The molecule has 0 unspecified atom stereocenters. The van der Waals surface area contributed by atoms with E-state index in [-0.39, 0.29) is 17.5 Å². The second kappa shape index (κ2) is 5.53. The summed E-state index contributed by atoms with van der Waals surface area (Å²) < 4.78 is 26.5. The lowest BCUT2D eigenvalue weighted by molar-refractivity contribution is 0.0169. The molecule has 5 N–H and O–H groups in total. The van der Waals surface area contributed by atoms with Gasteiger partial charge in [0.25, 0.3) is 0 Å². The van der Waals surface area contributed by atoms with Gasteiger partial charge in [-0.2, -0.15) is 9.97 Å². The van der Waals surface area contributed by atoms with Crippen LogP contribution in [0.1, 0.15) is 12.5 Å². The summed E-state index contributed by atoms with van der Waals surface area (Å²) in [7, 11) is -3.52. The number of sulfonamides is 1. The molecule has 0 radical (unpaired) electrons. The van der Waals surface area contributed by atoms with Gasteiger partial charge in [-0.25, -0.2) is 18.1 Å². The third-order valence-electron chi connectivity index (χ3n) is 3.80. The molecule has 1 aliphatic rings. The number of anilines is 1. The molecule has 4 atom stereocenters. The van der Waals surface area contributed by atoms with E-state index in [0.29, 0.717) is 11.2 Å². The summed E-state index contributed by atoms with van der Waals surface area (Å²) in [6.07, 6.45) is 0.0703. The number of rotatable bonds is 3. The van der Waals surface area contributed by atoms with Crippen LogP contribution in [0.25, 0.3) is 11.2 Å². The first-order chi connectivity index (χ1) is 10.7. The quantitative estimate of drug-likeness (QED) is 0.488. The molecule has 2 heterocycles. The van der Waals surface area contributed by atoms with Crippen molar-refractivity contribution in [3.05, 3.63) is 11.6 Å². The number of aliphatic hydroxyl groups excluding tert-OH is 2. The first-order valence-corrected chi connectivity index (χ1v) is 8.93. The summed E-state index contributed by atoms with van der Waals surface area (Å²) in [6, 6.07) is -1.46. The van der Waals surface area contributed by atoms with E-state index in [0.717, 1.165) is 6.26 Å². The molecule has 1 fully saturated rings. The molecular weight excluding hydrogens is 348 g/mol. The summed E-state index contributed by atoms with van der Waals surface area (Å²) in [5.41, 5.74) is 6.35. The maximum absolute atomic E-state index is 11.4. The van der Waals surface area contributed by atoms with E-state index < -0.39 is 34.3 Å². The van der Waals surface area contributed by atoms with Crippen LogP contribution in [0.3, 0.4) is 0 Å². The van der Waals surface area contributed by atoms with Crippen molar-refractivity contribution in [3.8, 4) is 0 Å². The molecule has 1 aliphatic carbocycles. The number of aliphatic hydroxyl groups is 2. The van der Waals surface area contributed by atoms with Gasteiger partial charge in [-0.1, -0.05) is 0 Å². The van der Waals surface area contributed by atoms with Crippen LogP contribution in [0, 0.1) is 0 Å². The highest BCUT2D eigenvalue weighted by Crippen LogP contribution is 2.34. The van der Waals surface area contributed by atoms with Crippen molar-refractivity contribution in [2.75, 3.05) is 12.0 Å². The maximum Gasteiger partial charge on any atom is 0.226 e. The molecule has 1 saturated carbocycles. The van der Waals surface area contributed by atoms with Crippen LogP contribution in [0.15, 0.2) is 6.33 Å². The van der Waals surface area contributed by atoms with Crippen molar-refractivity contribution in [2.45, 2.75) is 30.7 Å². The highest BCUT2D eigenvalue weighted by Gasteiger charge is 2.44. The Morgan fingerprint density at radius 1 is 1.39 bits per heavy atom.